The molecule has 1 aromatic rings. The minimum absolute atomic E-state index is 0.712. The highest BCUT2D eigenvalue weighted by Crippen LogP contribution is 2.40. The van der Waals surface area contributed by atoms with Crippen molar-refractivity contribution >= 4 is 11.3 Å². The topological polar surface area (TPSA) is 24.9 Å². The predicted octanol–water partition coefficient (Wildman–Crippen LogP) is 5.13. The fraction of sp³-hybridized carbons (Fsp3) is 0.833. The van der Waals surface area contributed by atoms with Gasteiger partial charge in [-0.2, -0.15) is 0 Å². The maximum absolute atomic E-state index is 4.88. The lowest BCUT2D eigenvalue weighted by Gasteiger charge is -2.29. The normalized spacial score (nSPS) is 23.2. The van der Waals surface area contributed by atoms with Crippen LogP contribution in [0.2, 0.25) is 0 Å². The molecule has 1 saturated carbocycles. The molecular weight excluding hydrogens is 276 g/mol. The van der Waals surface area contributed by atoms with Gasteiger partial charge >= 0.3 is 0 Å². The molecule has 0 atom stereocenters. The first-order valence-electron chi connectivity index (χ1n) is 8.64. The Hall–Kier alpha value is -0.410. The molecule has 1 fully saturated rings. The van der Waals surface area contributed by atoms with Crippen LogP contribution in [0.3, 0.4) is 0 Å². The van der Waals surface area contributed by atoms with Crippen molar-refractivity contribution in [2.24, 2.45) is 17.8 Å². The van der Waals surface area contributed by atoms with Gasteiger partial charge in [0.25, 0.3) is 0 Å². The maximum atomic E-state index is 4.88. The van der Waals surface area contributed by atoms with Crippen LogP contribution in [0.25, 0.3) is 0 Å². The van der Waals surface area contributed by atoms with Crippen LogP contribution in [0.5, 0.6) is 0 Å². The van der Waals surface area contributed by atoms with Crippen molar-refractivity contribution in [1.29, 1.82) is 0 Å². The highest BCUT2D eigenvalue weighted by molar-refractivity contribution is 7.11. The Labute approximate surface area is 134 Å². The van der Waals surface area contributed by atoms with E-state index in [0.29, 0.717) is 5.92 Å². The molecule has 0 amide bonds. The number of hydrogen-bond acceptors (Lipinski definition) is 3. The van der Waals surface area contributed by atoms with Crippen LogP contribution < -0.4 is 5.32 Å². The van der Waals surface area contributed by atoms with Crippen LogP contribution in [0.4, 0.5) is 0 Å². The smallest absolute Gasteiger partial charge is 0.0962 e. The third-order valence-electron chi connectivity index (χ3n) is 4.81. The van der Waals surface area contributed by atoms with Crippen molar-refractivity contribution in [2.45, 2.75) is 72.8 Å². The van der Waals surface area contributed by atoms with E-state index in [2.05, 4.69) is 39.9 Å². The Morgan fingerprint density at radius 2 is 1.81 bits per heavy atom. The fourth-order valence-electron chi connectivity index (χ4n) is 3.30. The van der Waals surface area contributed by atoms with Gasteiger partial charge in [0.05, 0.1) is 10.7 Å². The molecule has 1 aliphatic rings. The van der Waals surface area contributed by atoms with E-state index in [1.807, 2.05) is 11.3 Å². The number of aromatic nitrogens is 1. The zero-order chi connectivity index (χ0) is 15.4. The largest absolute Gasteiger partial charge is 0.312 e. The molecule has 2 nitrogen and oxygen atoms in total. The van der Waals surface area contributed by atoms with Gasteiger partial charge in [-0.15, -0.1) is 11.3 Å². The first kappa shape index (κ1) is 17.0. The summed E-state index contributed by atoms with van der Waals surface area (Å²) in [6.45, 7) is 13.5. The van der Waals surface area contributed by atoms with Gasteiger partial charge in [0.2, 0.25) is 0 Å². The van der Waals surface area contributed by atoms with E-state index in [4.69, 9.17) is 4.98 Å². The van der Waals surface area contributed by atoms with Gasteiger partial charge in [-0.05, 0) is 56.9 Å². The lowest BCUT2D eigenvalue weighted by Crippen LogP contribution is -2.18. The highest BCUT2D eigenvalue weighted by atomic mass is 32.1. The minimum atomic E-state index is 0.712. The van der Waals surface area contributed by atoms with Gasteiger partial charge in [-0.25, -0.2) is 4.98 Å². The van der Waals surface area contributed by atoms with Crippen molar-refractivity contribution in [3.05, 3.63) is 15.6 Å². The summed E-state index contributed by atoms with van der Waals surface area (Å²) in [4.78, 5) is 6.32. The highest BCUT2D eigenvalue weighted by Gasteiger charge is 2.26. The average molecular weight is 309 g/mol. The number of aryl methyl sites for hydroxylation is 1. The van der Waals surface area contributed by atoms with Crippen LogP contribution in [0.1, 0.15) is 74.9 Å². The Morgan fingerprint density at radius 1 is 1.14 bits per heavy atom. The first-order valence-corrected chi connectivity index (χ1v) is 9.46. The van der Waals surface area contributed by atoms with Gasteiger partial charge in [-0.1, -0.05) is 27.7 Å². The summed E-state index contributed by atoms with van der Waals surface area (Å²) in [6.07, 6.45) is 5.47. The standard InChI is InChI=1S/C18H32N2S/c1-12(2)10-19-11-17-14(5)20-18(21-17)16-8-6-15(7-9-16)13(3)4/h12-13,15-16,19H,6-11H2,1-5H3. The van der Waals surface area contributed by atoms with Crippen molar-refractivity contribution < 1.29 is 0 Å². The number of nitrogens with one attached hydrogen (secondary N) is 1. The zero-order valence-electron chi connectivity index (χ0n) is 14.4. The van der Waals surface area contributed by atoms with Gasteiger partial charge in [0, 0.05) is 17.3 Å². The second kappa shape index (κ2) is 7.73. The van der Waals surface area contributed by atoms with E-state index >= 15 is 0 Å². The monoisotopic (exact) mass is 308 g/mol. The third kappa shape index (κ3) is 4.79. The summed E-state index contributed by atoms with van der Waals surface area (Å²) in [7, 11) is 0. The van der Waals surface area contributed by atoms with Crippen molar-refractivity contribution in [3.8, 4) is 0 Å². The van der Waals surface area contributed by atoms with E-state index in [-0.39, 0.29) is 0 Å². The molecule has 120 valence electrons. The van der Waals surface area contributed by atoms with Crippen molar-refractivity contribution in [3.63, 3.8) is 0 Å². The molecule has 21 heavy (non-hydrogen) atoms. The third-order valence-corrected chi connectivity index (χ3v) is 6.13. The first-order chi connectivity index (χ1) is 9.97. The van der Waals surface area contributed by atoms with Crippen LogP contribution in [-0.2, 0) is 6.54 Å². The number of thiazole rings is 1. The van der Waals surface area contributed by atoms with Crippen molar-refractivity contribution in [2.75, 3.05) is 6.54 Å². The summed E-state index contributed by atoms with van der Waals surface area (Å²) in [6, 6.07) is 0. The Kier molecular flexibility index (Phi) is 6.24. The summed E-state index contributed by atoms with van der Waals surface area (Å²) >= 11 is 1.95. The molecule has 1 heterocycles. The number of hydrogen-bond donors (Lipinski definition) is 1. The second-order valence-electron chi connectivity index (χ2n) is 7.44. The molecule has 0 unspecified atom stereocenters. The van der Waals surface area contributed by atoms with E-state index in [1.54, 1.807) is 0 Å². The molecular formula is C18H32N2S. The molecule has 2 rings (SSSR count). The van der Waals surface area contributed by atoms with Gasteiger partial charge in [0.15, 0.2) is 0 Å². The quantitative estimate of drug-likeness (QED) is 0.788. The molecule has 1 N–H and O–H groups in total. The Morgan fingerprint density at radius 3 is 2.38 bits per heavy atom. The maximum Gasteiger partial charge on any atom is 0.0962 e. The van der Waals surface area contributed by atoms with Crippen LogP contribution in [0.15, 0.2) is 0 Å². The Bertz CT molecular complexity index is 428. The van der Waals surface area contributed by atoms with Crippen LogP contribution >= 0.6 is 11.3 Å². The van der Waals surface area contributed by atoms with E-state index in [0.717, 1.165) is 30.8 Å². The van der Waals surface area contributed by atoms with Crippen LogP contribution in [-0.4, -0.2) is 11.5 Å². The van der Waals surface area contributed by atoms with E-state index in [1.165, 1.54) is 41.3 Å². The van der Waals surface area contributed by atoms with Gasteiger partial charge < -0.3 is 5.32 Å². The van der Waals surface area contributed by atoms with E-state index in [9.17, 15) is 0 Å². The lowest BCUT2D eigenvalue weighted by molar-refractivity contribution is 0.258. The molecule has 0 radical (unpaired) electrons. The summed E-state index contributed by atoms with van der Waals surface area (Å²) in [5.74, 6) is 3.22. The van der Waals surface area contributed by atoms with Crippen molar-refractivity contribution in [1.82, 2.24) is 10.3 Å². The molecule has 0 aromatic carbocycles. The zero-order valence-corrected chi connectivity index (χ0v) is 15.2. The molecule has 0 aliphatic heterocycles. The van der Waals surface area contributed by atoms with E-state index < -0.39 is 0 Å². The van der Waals surface area contributed by atoms with Gasteiger partial charge in [-0.3, -0.25) is 0 Å². The molecule has 0 spiro atoms. The summed E-state index contributed by atoms with van der Waals surface area (Å²) in [5.41, 5.74) is 1.25. The fourth-order valence-corrected chi connectivity index (χ4v) is 4.50. The average Bonchev–Trinajstić information content (AvgIpc) is 2.80. The number of nitrogens with zero attached hydrogens (tertiary/aromatic N) is 1. The molecule has 0 bridgehead atoms. The minimum Gasteiger partial charge on any atom is -0.312 e. The summed E-state index contributed by atoms with van der Waals surface area (Å²) < 4.78 is 0. The molecule has 1 aromatic heterocycles. The van der Waals surface area contributed by atoms with Gasteiger partial charge in [0.1, 0.15) is 0 Å². The number of rotatable bonds is 6. The molecule has 3 heteroatoms. The predicted molar refractivity (Wildman–Crippen MR) is 92.9 cm³/mol. The lowest BCUT2D eigenvalue weighted by atomic mass is 9.77. The molecule has 1 aliphatic carbocycles. The van der Waals surface area contributed by atoms with Crippen LogP contribution in [0, 0.1) is 24.7 Å². The summed E-state index contributed by atoms with van der Waals surface area (Å²) in [5, 5.41) is 4.95. The Balaban J connectivity index is 1.90. The second-order valence-corrected chi connectivity index (χ2v) is 8.56. The SMILES string of the molecule is Cc1nc(C2CCC(C(C)C)CC2)sc1CNCC(C)C. The molecule has 0 saturated heterocycles.